The summed E-state index contributed by atoms with van der Waals surface area (Å²) in [6.45, 7) is 2.96. The first kappa shape index (κ1) is 15.0. The molecule has 110 valence electrons. The third kappa shape index (κ3) is 3.19. The minimum Gasteiger partial charge on any atom is -0.393 e. The van der Waals surface area contributed by atoms with Gasteiger partial charge >= 0.3 is 0 Å². The van der Waals surface area contributed by atoms with Crippen molar-refractivity contribution in [3.63, 3.8) is 0 Å². The molecule has 0 radical (unpaired) electrons. The third-order valence-electron chi connectivity index (χ3n) is 3.68. The van der Waals surface area contributed by atoms with E-state index in [1.807, 2.05) is 6.92 Å². The van der Waals surface area contributed by atoms with E-state index in [0.29, 0.717) is 25.1 Å². The fourth-order valence-corrected chi connectivity index (χ4v) is 2.98. The monoisotopic (exact) mass is 297 g/mol. The van der Waals surface area contributed by atoms with E-state index in [2.05, 4.69) is 0 Å². The maximum absolute atomic E-state index is 12.3. The van der Waals surface area contributed by atoms with E-state index in [0.717, 1.165) is 6.26 Å². The molecular formula is C14H19NO4S. The van der Waals surface area contributed by atoms with Crippen molar-refractivity contribution in [2.75, 3.05) is 19.3 Å². The summed E-state index contributed by atoms with van der Waals surface area (Å²) in [6, 6.07) is 5.97. The molecule has 1 saturated heterocycles. The molecule has 0 spiro atoms. The van der Waals surface area contributed by atoms with Gasteiger partial charge in [0.2, 0.25) is 0 Å². The van der Waals surface area contributed by atoms with Gasteiger partial charge in [0.15, 0.2) is 9.84 Å². The summed E-state index contributed by atoms with van der Waals surface area (Å²) in [5, 5.41) is 9.67. The molecule has 1 N–H and O–H groups in total. The average Bonchev–Trinajstić information content (AvgIpc) is 2.40. The summed E-state index contributed by atoms with van der Waals surface area (Å²) in [4.78, 5) is 14.2. The van der Waals surface area contributed by atoms with Crippen LogP contribution in [0.5, 0.6) is 0 Å². The summed E-state index contributed by atoms with van der Waals surface area (Å²) >= 11 is 0. The number of sulfone groups is 1. The Labute approximate surface area is 119 Å². The Bertz CT molecular complexity index is 594. The summed E-state index contributed by atoms with van der Waals surface area (Å²) < 4.78 is 22.7. The molecule has 20 heavy (non-hydrogen) atoms. The number of carbonyl (C=O) groups excluding carboxylic acids is 1. The number of nitrogens with zero attached hydrogens (tertiary/aromatic N) is 1. The first-order valence-electron chi connectivity index (χ1n) is 6.56. The highest BCUT2D eigenvalue weighted by atomic mass is 32.2. The van der Waals surface area contributed by atoms with Crippen LogP contribution in [0.3, 0.4) is 0 Å². The molecule has 0 aliphatic carbocycles. The minimum atomic E-state index is -3.24. The highest BCUT2D eigenvalue weighted by Crippen LogP contribution is 2.19. The number of hydrogen-bond acceptors (Lipinski definition) is 4. The smallest absolute Gasteiger partial charge is 0.253 e. The quantitative estimate of drug-likeness (QED) is 0.881. The molecule has 2 unspecified atom stereocenters. The summed E-state index contributed by atoms with van der Waals surface area (Å²) in [5.74, 6) is -0.0632. The second-order valence-electron chi connectivity index (χ2n) is 5.38. The molecule has 6 heteroatoms. The average molecular weight is 297 g/mol. The zero-order valence-corrected chi connectivity index (χ0v) is 12.4. The van der Waals surface area contributed by atoms with Gasteiger partial charge in [0.05, 0.1) is 11.0 Å². The normalized spacial score (nSPS) is 23.6. The zero-order valence-electron chi connectivity index (χ0n) is 11.6. The number of benzene rings is 1. The van der Waals surface area contributed by atoms with Crippen molar-refractivity contribution >= 4 is 15.7 Å². The molecule has 1 aromatic carbocycles. The van der Waals surface area contributed by atoms with Crippen LogP contribution in [0.15, 0.2) is 29.2 Å². The number of hydrogen-bond donors (Lipinski definition) is 1. The number of piperidine rings is 1. The van der Waals surface area contributed by atoms with E-state index in [1.54, 1.807) is 4.90 Å². The van der Waals surface area contributed by atoms with Crippen molar-refractivity contribution < 1.29 is 18.3 Å². The van der Waals surface area contributed by atoms with Gasteiger partial charge in [-0.15, -0.1) is 0 Å². The molecular weight excluding hydrogens is 278 g/mol. The maximum atomic E-state index is 12.3. The Kier molecular flexibility index (Phi) is 4.15. The fourth-order valence-electron chi connectivity index (χ4n) is 2.34. The Morgan fingerprint density at radius 2 is 1.90 bits per heavy atom. The van der Waals surface area contributed by atoms with Crippen molar-refractivity contribution in [2.45, 2.75) is 24.3 Å². The predicted molar refractivity (Wildman–Crippen MR) is 75.2 cm³/mol. The third-order valence-corrected chi connectivity index (χ3v) is 4.81. The van der Waals surface area contributed by atoms with Gasteiger partial charge in [-0.05, 0) is 36.6 Å². The van der Waals surface area contributed by atoms with Gasteiger partial charge in [0.1, 0.15) is 0 Å². The molecule has 0 bridgehead atoms. The lowest BCUT2D eigenvalue weighted by molar-refractivity contribution is 0.0297. The molecule has 1 heterocycles. The SMILES string of the molecule is CC1CN(C(=O)c2ccc(S(C)(=O)=O)cc2)CCC1O. The van der Waals surface area contributed by atoms with Gasteiger partial charge in [-0.1, -0.05) is 6.92 Å². The van der Waals surface area contributed by atoms with Gasteiger partial charge in [-0.2, -0.15) is 0 Å². The number of aliphatic hydroxyl groups is 1. The number of rotatable bonds is 2. The van der Waals surface area contributed by atoms with Crippen LogP contribution in [-0.4, -0.2) is 49.8 Å². The van der Waals surface area contributed by atoms with Crippen LogP contribution in [-0.2, 0) is 9.84 Å². The number of aliphatic hydroxyl groups excluding tert-OH is 1. The van der Waals surface area contributed by atoms with Crippen LogP contribution in [0.25, 0.3) is 0 Å². The summed E-state index contributed by atoms with van der Waals surface area (Å²) in [6.07, 6.45) is 1.36. The van der Waals surface area contributed by atoms with Crippen LogP contribution in [0, 0.1) is 5.92 Å². The minimum absolute atomic E-state index is 0.0583. The van der Waals surface area contributed by atoms with Gasteiger partial charge < -0.3 is 10.0 Å². The molecule has 1 aliphatic heterocycles. The van der Waals surface area contributed by atoms with Gasteiger partial charge in [-0.25, -0.2) is 8.42 Å². The van der Waals surface area contributed by atoms with E-state index >= 15 is 0 Å². The molecule has 1 amide bonds. The largest absolute Gasteiger partial charge is 0.393 e. The molecule has 0 aromatic heterocycles. The van der Waals surface area contributed by atoms with E-state index in [4.69, 9.17) is 0 Å². The molecule has 1 fully saturated rings. The van der Waals surface area contributed by atoms with Crippen molar-refractivity contribution in [3.8, 4) is 0 Å². The number of likely N-dealkylation sites (tertiary alicyclic amines) is 1. The van der Waals surface area contributed by atoms with E-state index in [9.17, 15) is 18.3 Å². The van der Waals surface area contributed by atoms with Gasteiger partial charge in [0.25, 0.3) is 5.91 Å². The molecule has 2 rings (SSSR count). The van der Waals surface area contributed by atoms with Crippen LogP contribution in [0.1, 0.15) is 23.7 Å². The standard InChI is InChI=1S/C14H19NO4S/c1-10-9-15(8-7-13(10)16)14(17)11-3-5-12(6-4-11)20(2,18)19/h3-6,10,13,16H,7-9H2,1-2H3. The summed E-state index contributed by atoms with van der Waals surface area (Å²) in [5.41, 5.74) is 0.473. The Morgan fingerprint density at radius 1 is 1.30 bits per heavy atom. The zero-order chi connectivity index (χ0) is 14.9. The van der Waals surface area contributed by atoms with Crippen LogP contribution >= 0.6 is 0 Å². The topological polar surface area (TPSA) is 74.7 Å². The fraction of sp³-hybridized carbons (Fsp3) is 0.500. The van der Waals surface area contributed by atoms with E-state index in [-0.39, 0.29) is 22.8 Å². The first-order chi connectivity index (χ1) is 9.29. The highest BCUT2D eigenvalue weighted by molar-refractivity contribution is 7.90. The first-order valence-corrected chi connectivity index (χ1v) is 8.45. The van der Waals surface area contributed by atoms with Crippen molar-refractivity contribution in [3.05, 3.63) is 29.8 Å². The van der Waals surface area contributed by atoms with Crippen molar-refractivity contribution in [2.24, 2.45) is 5.92 Å². The van der Waals surface area contributed by atoms with Crippen LogP contribution in [0.4, 0.5) is 0 Å². The molecule has 1 aromatic rings. The summed E-state index contributed by atoms with van der Waals surface area (Å²) in [7, 11) is -3.24. The Hall–Kier alpha value is -1.40. The lowest BCUT2D eigenvalue weighted by Crippen LogP contribution is -2.44. The molecule has 5 nitrogen and oxygen atoms in total. The Morgan fingerprint density at radius 3 is 2.40 bits per heavy atom. The molecule has 2 atom stereocenters. The predicted octanol–water partition coefficient (Wildman–Crippen LogP) is 0.933. The highest BCUT2D eigenvalue weighted by Gasteiger charge is 2.27. The van der Waals surface area contributed by atoms with Crippen molar-refractivity contribution in [1.29, 1.82) is 0 Å². The lowest BCUT2D eigenvalue weighted by atomic mass is 9.96. The maximum Gasteiger partial charge on any atom is 0.253 e. The Balaban J connectivity index is 2.14. The van der Waals surface area contributed by atoms with E-state index in [1.165, 1.54) is 24.3 Å². The molecule has 1 aliphatic rings. The lowest BCUT2D eigenvalue weighted by Gasteiger charge is -2.34. The van der Waals surface area contributed by atoms with Gasteiger partial charge in [-0.3, -0.25) is 4.79 Å². The second-order valence-corrected chi connectivity index (χ2v) is 7.40. The van der Waals surface area contributed by atoms with Crippen LogP contribution in [0.2, 0.25) is 0 Å². The van der Waals surface area contributed by atoms with Crippen LogP contribution < -0.4 is 0 Å². The number of carbonyl (C=O) groups is 1. The van der Waals surface area contributed by atoms with Gasteiger partial charge in [0, 0.05) is 24.9 Å². The van der Waals surface area contributed by atoms with E-state index < -0.39 is 9.84 Å². The second kappa shape index (κ2) is 5.54. The number of amides is 1. The van der Waals surface area contributed by atoms with Crippen molar-refractivity contribution in [1.82, 2.24) is 4.90 Å². The molecule has 0 saturated carbocycles.